The molecule has 178 valence electrons. The second-order valence-electron chi connectivity index (χ2n) is 7.30. The zero-order valence-corrected chi connectivity index (χ0v) is 20.4. The number of benzene rings is 3. The summed E-state index contributed by atoms with van der Waals surface area (Å²) in [6.45, 7) is 0.0172. The lowest BCUT2D eigenvalue weighted by Gasteiger charge is -2.13. The van der Waals surface area contributed by atoms with Crippen LogP contribution >= 0.6 is 35.0 Å². The van der Waals surface area contributed by atoms with Crippen molar-refractivity contribution in [3.05, 3.63) is 98.1 Å². The standard InChI is InChI=1S/C25H16Cl2FNO5S/c1-33-20-11-15(10-19(27)22(20)34-24(31)17-4-2-3-5-18(17)26)12-21-23(30)29(25(32)35-21)13-14-6-8-16(28)9-7-14/h2-12H,13H2,1H3/b21-12-. The number of nitrogens with zero attached hydrogens (tertiary/aromatic N) is 1. The van der Waals surface area contributed by atoms with E-state index in [0.29, 0.717) is 11.1 Å². The highest BCUT2D eigenvalue weighted by Gasteiger charge is 2.35. The fraction of sp³-hybridized carbons (Fsp3) is 0.0800. The van der Waals surface area contributed by atoms with Gasteiger partial charge < -0.3 is 9.47 Å². The van der Waals surface area contributed by atoms with Crippen LogP contribution in [0.1, 0.15) is 21.5 Å². The molecule has 0 unspecified atom stereocenters. The molecule has 1 heterocycles. The maximum absolute atomic E-state index is 13.1. The minimum atomic E-state index is -0.717. The number of esters is 1. The van der Waals surface area contributed by atoms with E-state index < -0.39 is 22.9 Å². The molecule has 4 rings (SSSR count). The van der Waals surface area contributed by atoms with E-state index in [-0.39, 0.29) is 38.6 Å². The van der Waals surface area contributed by atoms with Crippen molar-refractivity contribution in [3.63, 3.8) is 0 Å². The second kappa shape index (κ2) is 10.5. The molecular weight excluding hydrogens is 516 g/mol. The maximum atomic E-state index is 13.1. The highest BCUT2D eigenvalue weighted by Crippen LogP contribution is 2.39. The van der Waals surface area contributed by atoms with Crippen LogP contribution in [0.15, 0.2) is 65.6 Å². The first-order chi connectivity index (χ1) is 16.8. The minimum absolute atomic E-state index is 0.0133. The maximum Gasteiger partial charge on any atom is 0.345 e. The van der Waals surface area contributed by atoms with Crippen LogP contribution in [0.3, 0.4) is 0 Å². The molecule has 0 aromatic heterocycles. The summed E-state index contributed by atoms with van der Waals surface area (Å²) in [4.78, 5) is 39.1. The number of carbonyl (C=O) groups excluding carboxylic acids is 3. The lowest BCUT2D eigenvalue weighted by atomic mass is 10.1. The number of rotatable bonds is 6. The molecule has 1 saturated heterocycles. The summed E-state index contributed by atoms with van der Waals surface area (Å²) in [5.41, 5.74) is 1.23. The Balaban J connectivity index is 1.57. The number of hydrogen-bond acceptors (Lipinski definition) is 6. The molecule has 1 aliphatic rings. The molecule has 0 saturated carbocycles. The Morgan fingerprint density at radius 2 is 1.77 bits per heavy atom. The first kappa shape index (κ1) is 24.8. The number of imide groups is 1. The van der Waals surface area contributed by atoms with Gasteiger partial charge in [-0.25, -0.2) is 9.18 Å². The summed E-state index contributed by atoms with van der Waals surface area (Å²) in [6, 6.07) is 15.0. The molecule has 0 radical (unpaired) electrons. The predicted molar refractivity (Wildman–Crippen MR) is 132 cm³/mol. The van der Waals surface area contributed by atoms with E-state index >= 15 is 0 Å². The van der Waals surface area contributed by atoms with Gasteiger partial charge in [-0.15, -0.1) is 0 Å². The fourth-order valence-electron chi connectivity index (χ4n) is 3.26. The van der Waals surface area contributed by atoms with Crippen LogP contribution in [-0.2, 0) is 11.3 Å². The molecule has 3 aromatic rings. The quantitative estimate of drug-likeness (QED) is 0.203. The lowest BCUT2D eigenvalue weighted by molar-refractivity contribution is -0.123. The van der Waals surface area contributed by atoms with Gasteiger partial charge in [0.15, 0.2) is 11.5 Å². The van der Waals surface area contributed by atoms with Crippen molar-refractivity contribution in [1.29, 1.82) is 0 Å². The minimum Gasteiger partial charge on any atom is -0.493 e. The van der Waals surface area contributed by atoms with E-state index in [1.165, 1.54) is 55.7 Å². The first-order valence-electron chi connectivity index (χ1n) is 10.1. The third-order valence-electron chi connectivity index (χ3n) is 4.97. The predicted octanol–water partition coefficient (Wildman–Crippen LogP) is 6.60. The largest absolute Gasteiger partial charge is 0.493 e. The summed E-state index contributed by atoms with van der Waals surface area (Å²) < 4.78 is 23.9. The van der Waals surface area contributed by atoms with Gasteiger partial charge in [-0.3, -0.25) is 14.5 Å². The molecule has 0 spiro atoms. The van der Waals surface area contributed by atoms with Gasteiger partial charge in [0.05, 0.1) is 34.2 Å². The zero-order chi connectivity index (χ0) is 25.1. The summed E-state index contributed by atoms with van der Waals surface area (Å²) in [5.74, 6) is -1.48. The van der Waals surface area contributed by atoms with Crippen molar-refractivity contribution in [2.75, 3.05) is 7.11 Å². The summed E-state index contributed by atoms with van der Waals surface area (Å²) in [7, 11) is 1.37. The number of ether oxygens (including phenoxy) is 2. The van der Waals surface area contributed by atoms with Crippen LogP contribution in [-0.4, -0.2) is 29.1 Å². The summed E-state index contributed by atoms with van der Waals surface area (Å²) in [5, 5.41) is -0.170. The van der Waals surface area contributed by atoms with Gasteiger partial charge in [-0.1, -0.05) is 47.5 Å². The Hall–Kier alpha value is -3.33. The van der Waals surface area contributed by atoms with Crippen molar-refractivity contribution in [3.8, 4) is 11.5 Å². The van der Waals surface area contributed by atoms with Gasteiger partial charge in [0, 0.05) is 0 Å². The van der Waals surface area contributed by atoms with E-state index in [1.807, 2.05) is 0 Å². The van der Waals surface area contributed by atoms with Crippen LogP contribution in [0, 0.1) is 5.82 Å². The fourth-order valence-corrected chi connectivity index (χ4v) is 4.57. The Morgan fingerprint density at radius 1 is 1.06 bits per heavy atom. The van der Waals surface area contributed by atoms with Gasteiger partial charge in [-0.2, -0.15) is 0 Å². The molecule has 0 bridgehead atoms. The SMILES string of the molecule is COc1cc(/C=C2\SC(=O)N(Cc3ccc(F)cc3)C2=O)cc(Cl)c1OC(=O)c1ccccc1Cl. The van der Waals surface area contributed by atoms with Crippen LogP contribution in [0.5, 0.6) is 11.5 Å². The number of thioether (sulfide) groups is 1. The molecular formula is C25H16Cl2FNO5S. The lowest BCUT2D eigenvalue weighted by Crippen LogP contribution is -2.27. The van der Waals surface area contributed by atoms with E-state index in [9.17, 15) is 18.8 Å². The molecule has 0 N–H and O–H groups in total. The van der Waals surface area contributed by atoms with E-state index in [2.05, 4.69) is 0 Å². The molecule has 3 aromatic carbocycles. The highest BCUT2D eigenvalue weighted by molar-refractivity contribution is 8.18. The smallest absolute Gasteiger partial charge is 0.345 e. The molecule has 6 nitrogen and oxygen atoms in total. The number of methoxy groups -OCH3 is 1. The monoisotopic (exact) mass is 531 g/mol. The molecule has 10 heteroatoms. The number of carbonyl (C=O) groups is 3. The van der Waals surface area contributed by atoms with Crippen molar-refractivity contribution in [2.45, 2.75) is 6.54 Å². The average Bonchev–Trinajstić information content (AvgIpc) is 3.09. The third kappa shape index (κ3) is 5.51. The van der Waals surface area contributed by atoms with Crippen LogP contribution in [0.25, 0.3) is 6.08 Å². The number of hydrogen-bond donors (Lipinski definition) is 0. The van der Waals surface area contributed by atoms with Gasteiger partial charge >= 0.3 is 5.97 Å². The Kier molecular flexibility index (Phi) is 7.45. The normalized spacial score (nSPS) is 14.5. The third-order valence-corrected chi connectivity index (χ3v) is 6.48. The molecule has 2 amide bonds. The van der Waals surface area contributed by atoms with Crippen LogP contribution in [0.2, 0.25) is 10.0 Å². The van der Waals surface area contributed by atoms with Crippen molar-refractivity contribution >= 4 is 58.2 Å². The molecule has 1 aliphatic heterocycles. The number of amides is 2. The van der Waals surface area contributed by atoms with Crippen LogP contribution in [0.4, 0.5) is 9.18 Å². The van der Waals surface area contributed by atoms with E-state index in [1.54, 1.807) is 18.2 Å². The van der Waals surface area contributed by atoms with Gasteiger partial charge in [0.25, 0.3) is 11.1 Å². The van der Waals surface area contributed by atoms with E-state index in [4.69, 9.17) is 32.7 Å². The Labute approximate surface area is 214 Å². The van der Waals surface area contributed by atoms with Crippen LogP contribution < -0.4 is 9.47 Å². The Bertz CT molecular complexity index is 1360. The van der Waals surface area contributed by atoms with Gasteiger partial charge in [0.1, 0.15) is 5.82 Å². The zero-order valence-electron chi connectivity index (χ0n) is 18.1. The van der Waals surface area contributed by atoms with Crippen molar-refractivity contribution in [2.24, 2.45) is 0 Å². The topological polar surface area (TPSA) is 72.9 Å². The Morgan fingerprint density at radius 3 is 2.46 bits per heavy atom. The van der Waals surface area contributed by atoms with E-state index in [0.717, 1.165) is 16.7 Å². The van der Waals surface area contributed by atoms with Gasteiger partial charge in [0.2, 0.25) is 0 Å². The summed E-state index contributed by atoms with van der Waals surface area (Å²) >= 11 is 13.2. The molecule has 35 heavy (non-hydrogen) atoms. The van der Waals surface area contributed by atoms with Crippen molar-refractivity contribution < 1.29 is 28.2 Å². The second-order valence-corrected chi connectivity index (χ2v) is 9.11. The molecule has 1 fully saturated rings. The first-order valence-corrected chi connectivity index (χ1v) is 11.7. The molecule has 0 aliphatic carbocycles. The molecule has 0 atom stereocenters. The van der Waals surface area contributed by atoms with Gasteiger partial charge in [-0.05, 0) is 65.4 Å². The number of halogens is 3. The summed E-state index contributed by atoms with van der Waals surface area (Å²) in [6.07, 6.45) is 1.49. The highest BCUT2D eigenvalue weighted by atomic mass is 35.5. The average molecular weight is 532 g/mol. The van der Waals surface area contributed by atoms with Crippen molar-refractivity contribution in [1.82, 2.24) is 4.90 Å².